The molecule has 1 amide bonds. The van der Waals surface area contributed by atoms with Gasteiger partial charge in [0.05, 0.1) is 4.90 Å². The lowest BCUT2D eigenvalue weighted by Gasteiger charge is -2.10. The van der Waals surface area contributed by atoms with Gasteiger partial charge in [0.25, 0.3) is 5.56 Å². The molecule has 0 aliphatic carbocycles. The van der Waals surface area contributed by atoms with Gasteiger partial charge in [-0.2, -0.15) is 0 Å². The molecule has 2 aromatic carbocycles. The standard InChI is InChI=1S/C21H23N3O4S/c1-14-11-15(2)24-21(26)19(14)13-22-20(25)9-10-23-29(27,28)18-8-7-16-5-3-4-6-17(16)12-18/h3-8,11-12,23H,9-10,13H2,1-2H3,(H,22,25)(H,24,26). The number of amides is 1. The largest absolute Gasteiger partial charge is 0.352 e. The summed E-state index contributed by atoms with van der Waals surface area (Å²) in [6.07, 6.45) is -0.0321. The molecule has 0 aliphatic heterocycles. The first-order valence-corrected chi connectivity index (χ1v) is 10.7. The van der Waals surface area contributed by atoms with Crippen LogP contribution in [0.3, 0.4) is 0 Å². The highest BCUT2D eigenvalue weighted by Crippen LogP contribution is 2.18. The SMILES string of the molecule is Cc1cc(C)c(CNC(=O)CCNS(=O)(=O)c2ccc3ccccc3c2)c(=O)[nH]1. The first-order valence-electron chi connectivity index (χ1n) is 9.21. The van der Waals surface area contributed by atoms with Crippen molar-refractivity contribution in [2.24, 2.45) is 0 Å². The molecule has 3 N–H and O–H groups in total. The number of hydrogen-bond donors (Lipinski definition) is 3. The molecule has 0 radical (unpaired) electrons. The number of nitrogens with one attached hydrogen (secondary N) is 3. The molecule has 29 heavy (non-hydrogen) atoms. The number of benzene rings is 2. The van der Waals surface area contributed by atoms with Crippen LogP contribution in [0.2, 0.25) is 0 Å². The zero-order valence-electron chi connectivity index (χ0n) is 16.3. The summed E-state index contributed by atoms with van der Waals surface area (Å²) < 4.78 is 27.4. The first-order chi connectivity index (χ1) is 13.8. The van der Waals surface area contributed by atoms with Crippen molar-refractivity contribution >= 4 is 26.7 Å². The lowest BCUT2D eigenvalue weighted by Crippen LogP contribution is -2.32. The molecule has 3 aromatic rings. The Kier molecular flexibility index (Phi) is 6.14. The van der Waals surface area contributed by atoms with Crippen LogP contribution in [-0.4, -0.2) is 25.9 Å². The molecule has 8 heteroatoms. The fourth-order valence-corrected chi connectivity index (χ4v) is 4.16. The van der Waals surface area contributed by atoms with Gasteiger partial charge in [-0.3, -0.25) is 9.59 Å². The van der Waals surface area contributed by atoms with Crippen molar-refractivity contribution in [1.29, 1.82) is 0 Å². The lowest BCUT2D eigenvalue weighted by molar-refractivity contribution is -0.121. The van der Waals surface area contributed by atoms with E-state index in [-0.39, 0.29) is 35.9 Å². The predicted octanol–water partition coefficient (Wildman–Crippen LogP) is 2.13. The zero-order chi connectivity index (χ0) is 21.0. The van der Waals surface area contributed by atoms with Crippen molar-refractivity contribution < 1.29 is 13.2 Å². The molecule has 0 spiro atoms. The van der Waals surface area contributed by atoms with E-state index in [1.54, 1.807) is 26.0 Å². The maximum atomic E-state index is 12.5. The Bertz CT molecular complexity index is 1220. The lowest BCUT2D eigenvalue weighted by atomic mass is 10.1. The highest BCUT2D eigenvalue weighted by atomic mass is 32.2. The average molecular weight is 413 g/mol. The number of aromatic amines is 1. The van der Waals surface area contributed by atoms with Crippen LogP contribution in [0.4, 0.5) is 0 Å². The number of aromatic nitrogens is 1. The van der Waals surface area contributed by atoms with E-state index in [0.29, 0.717) is 5.56 Å². The fraction of sp³-hybridized carbons (Fsp3) is 0.238. The van der Waals surface area contributed by atoms with Crippen LogP contribution in [0.5, 0.6) is 0 Å². The van der Waals surface area contributed by atoms with Crippen molar-refractivity contribution in [3.63, 3.8) is 0 Å². The van der Waals surface area contributed by atoms with E-state index in [9.17, 15) is 18.0 Å². The van der Waals surface area contributed by atoms with Gasteiger partial charge >= 0.3 is 0 Å². The Morgan fingerprint density at radius 2 is 1.76 bits per heavy atom. The highest BCUT2D eigenvalue weighted by molar-refractivity contribution is 7.89. The number of pyridine rings is 1. The topological polar surface area (TPSA) is 108 Å². The molecule has 1 aromatic heterocycles. The summed E-state index contributed by atoms with van der Waals surface area (Å²) in [6, 6.07) is 14.2. The minimum Gasteiger partial charge on any atom is -0.352 e. The molecule has 0 atom stereocenters. The predicted molar refractivity (Wildman–Crippen MR) is 112 cm³/mol. The smallest absolute Gasteiger partial charge is 0.253 e. The number of carbonyl (C=O) groups is 1. The van der Waals surface area contributed by atoms with Gasteiger partial charge in [0, 0.05) is 30.8 Å². The third-order valence-electron chi connectivity index (χ3n) is 4.63. The summed E-state index contributed by atoms with van der Waals surface area (Å²) >= 11 is 0. The van der Waals surface area contributed by atoms with E-state index in [0.717, 1.165) is 22.0 Å². The third-order valence-corrected chi connectivity index (χ3v) is 6.09. The summed E-state index contributed by atoms with van der Waals surface area (Å²) in [4.78, 5) is 26.9. The van der Waals surface area contributed by atoms with Gasteiger partial charge in [0.1, 0.15) is 0 Å². The second-order valence-electron chi connectivity index (χ2n) is 6.88. The van der Waals surface area contributed by atoms with Crippen LogP contribution >= 0.6 is 0 Å². The van der Waals surface area contributed by atoms with Crippen LogP contribution in [0.15, 0.2) is 58.2 Å². The van der Waals surface area contributed by atoms with Crippen molar-refractivity contribution in [2.45, 2.75) is 31.7 Å². The number of sulfonamides is 1. The van der Waals surface area contributed by atoms with Crippen molar-refractivity contribution in [3.05, 3.63) is 75.7 Å². The monoisotopic (exact) mass is 413 g/mol. The van der Waals surface area contributed by atoms with Crippen LogP contribution < -0.4 is 15.6 Å². The van der Waals surface area contributed by atoms with Crippen molar-refractivity contribution in [2.75, 3.05) is 6.54 Å². The van der Waals surface area contributed by atoms with Crippen molar-refractivity contribution in [3.8, 4) is 0 Å². The highest BCUT2D eigenvalue weighted by Gasteiger charge is 2.15. The Balaban J connectivity index is 1.56. The molecule has 3 rings (SSSR count). The summed E-state index contributed by atoms with van der Waals surface area (Å²) in [5.41, 5.74) is 1.80. The van der Waals surface area contributed by atoms with Crippen molar-refractivity contribution in [1.82, 2.24) is 15.0 Å². The molecule has 0 unspecified atom stereocenters. The molecule has 0 aliphatic rings. The molecule has 152 valence electrons. The third kappa shape index (κ3) is 5.10. The normalized spacial score (nSPS) is 11.5. The van der Waals surface area contributed by atoms with Gasteiger partial charge in [-0.1, -0.05) is 30.3 Å². The first kappa shape index (κ1) is 20.8. The minimum atomic E-state index is -3.72. The van der Waals surface area contributed by atoms with E-state index in [2.05, 4.69) is 15.0 Å². The van der Waals surface area contributed by atoms with Crippen LogP contribution in [-0.2, 0) is 21.4 Å². The van der Waals surface area contributed by atoms with Gasteiger partial charge in [0.15, 0.2) is 0 Å². The van der Waals surface area contributed by atoms with Gasteiger partial charge in [-0.15, -0.1) is 0 Å². The Labute approximate surface area is 169 Å². The molecule has 0 saturated heterocycles. The summed E-state index contributed by atoms with van der Waals surface area (Å²) in [5.74, 6) is -0.342. The van der Waals surface area contributed by atoms with E-state index < -0.39 is 10.0 Å². The molecule has 0 saturated carbocycles. The fourth-order valence-electron chi connectivity index (χ4n) is 3.09. The molecule has 1 heterocycles. The molecule has 0 fully saturated rings. The Morgan fingerprint density at radius 3 is 2.48 bits per heavy atom. The number of H-pyrrole nitrogens is 1. The minimum absolute atomic E-state index is 0.0321. The van der Waals surface area contributed by atoms with E-state index >= 15 is 0 Å². The van der Waals surface area contributed by atoms with Gasteiger partial charge in [-0.05, 0) is 48.4 Å². The Hall–Kier alpha value is -2.97. The van der Waals surface area contributed by atoms with Gasteiger partial charge in [-0.25, -0.2) is 13.1 Å². The summed E-state index contributed by atoms with van der Waals surface area (Å²) in [7, 11) is -3.72. The van der Waals surface area contributed by atoms with E-state index in [1.165, 1.54) is 6.07 Å². The summed E-state index contributed by atoms with van der Waals surface area (Å²) in [6.45, 7) is 3.65. The number of hydrogen-bond acceptors (Lipinski definition) is 4. The molecule has 7 nitrogen and oxygen atoms in total. The van der Waals surface area contributed by atoms with E-state index in [1.807, 2.05) is 30.3 Å². The van der Waals surface area contributed by atoms with Crippen LogP contribution in [0.25, 0.3) is 10.8 Å². The van der Waals surface area contributed by atoms with E-state index in [4.69, 9.17) is 0 Å². The van der Waals surface area contributed by atoms with Gasteiger partial charge in [0.2, 0.25) is 15.9 Å². The van der Waals surface area contributed by atoms with Crippen LogP contribution in [0.1, 0.15) is 23.2 Å². The maximum Gasteiger partial charge on any atom is 0.253 e. The second-order valence-corrected chi connectivity index (χ2v) is 8.64. The molecular formula is C21H23N3O4S. The van der Waals surface area contributed by atoms with Crippen LogP contribution in [0, 0.1) is 13.8 Å². The average Bonchev–Trinajstić information content (AvgIpc) is 2.66. The number of rotatable bonds is 7. The second kappa shape index (κ2) is 8.59. The van der Waals surface area contributed by atoms with Gasteiger partial charge < -0.3 is 10.3 Å². The number of carbonyl (C=O) groups excluding carboxylic acids is 1. The maximum absolute atomic E-state index is 12.5. The number of aryl methyl sites for hydroxylation is 2. The molecular weight excluding hydrogens is 390 g/mol. The zero-order valence-corrected chi connectivity index (χ0v) is 17.1. The Morgan fingerprint density at radius 1 is 1.03 bits per heavy atom. The number of fused-ring (bicyclic) bond motifs is 1. The summed E-state index contributed by atoms with van der Waals surface area (Å²) in [5, 5.41) is 4.43. The molecule has 0 bridgehead atoms. The quantitative estimate of drug-likeness (QED) is 0.551.